The van der Waals surface area contributed by atoms with Crippen molar-refractivity contribution in [2.45, 2.75) is 55.3 Å². The van der Waals surface area contributed by atoms with Crippen molar-refractivity contribution in [2.75, 3.05) is 13.2 Å². The molecule has 1 fully saturated rings. The van der Waals surface area contributed by atoms with E-state index in [0.29, 0.717) is 12.6 Å². The minimum Gasteiger partial charge on any atom is -0.378 e. The molecule has 6 heteroatoms. The van der Waals surface area contributed by atoms with Gasteiger partial charge in [-0.1, -0.05) is 31.4 Å². The van der Waals surface area contributed by atoms with Gasteiger partial charge in [-0.3, -0.25) is 4.79 Å². The van der Waals surface area contributed by atoms with Crippen LogP contribution in [0.15, 0.2) is 40.1 Å². The van der Waals surface area contributed by atoms with Crippen molar-refractivity contribution >= 4 is 29.0 Å². The van der Waals surface area contributed by atoms with Crippen molar-refractivity contribution in [3.63, 3.8) is 0 Å². The Kier molecular flexibility index (Phi) is 7.98. The Labute approximate surface area is 163 Å². The molecule has 4 nitrogen and oxygen atoms in total. The molecular formula is C20H26N2O2S2. The lowest BCUT2D eigenvalue weighted by atomic mass is 9.98. The van der Waals surface area contributed by atoms with E-state index in [9.17, 15) is 4.79 Å². The highest BCUT2D eigenvalue weighted by atomic mass is 32.2. The lowest BCUT2D eigenvalue weighted by Gasteiger charge is -2.21. The molecule has 1 aliphatic rings. The van der Waals surface area contributed by atoms with Gasteiger partial charge in [0.2, 0.25) is 0 Å². The topological polar surface area (TPSA) is 51.2 Å². The van der Waals surface area contributed by atoms with Crippen LogP contribution in [0.1, 0.15) is 54.6 Å². The normalized spacial score (nSPS) is 15.1. The van der Waals surface area contributed by atoms with Gasteiger partial charge in [0.05, 0.1) is 22.9 Å². The van der Waals surface area contributed by atoms with Crippen LogP contribution in [0.5, 0.6) is 0 Å². The van der Waals surface area contributed by atoms with Crippen LogP contribution in [-0.4, -0.2) is 30.1 Å². The molecule has 2 aromatic rings. The van der Waals surface area contributed by atoms with Crippen molar-refractivity contribution < 1.29 is 9.53 Å². The van der Waals surface area contributed by atoms with Gasteiger partial charge in [0.25, 0.3) is 5.91 Å². The molecule has 26 heavy (non-hydrogen) atoms. The van der Waals surface area contributed by atoms with Crippen molar-refractivity contribution in [3.8, 4) is 0 Å². The zero-order valence-corrected chi connectivity index (χ0v) is 16.6. The van der Waals surface area contributed by atoms with Gasteiger partial charge in [-0.2, -0.15) is 0 Å². The molecule has 0 atom stereocenters. The summed E-state index contributed by atoms with van der Waals surface area (Å²) in [6.07, 6.45) is 7.59. The molecule has 3 rings (SSSR count). The summed E-state index contributed by atoms with van der Waals surface area (Å²) in [6.45, 7) is 1.38. The number of nitrogens with one attached hydrogen (secondary N) is 1. The summed E-state index contributed by atoms with van der Waals surface area (Å²) in [6, 6.07) is 7.77. The summed E-state index contributed by atoms with van der Waals surface area (Å²) in [5.41, 5.74) is 3.63. The van der Waals surface area contributed by atoms with Gasteiger partial charge in [0.1, 0.15) is 0 Å². The van der Waals surface area contributed by atoms with Crippen LogP contribution in [0.4, 0.5) is 0 Å². The van der Waals surface area contributed by atoms with E-state index in [1.165, 1.54) is 32.1 Å². The first-order chi connectivity index (χ1) is 12.8. The Morgan fingerprint density at radius 1 is 1.27 bits per heavy atom. The number of hydrogen-bond acceptors (Lipinski definition) is 5. The molecule has 1 N–H and O–H groups in total. The molecule has 0 spiro atoms. The molecule has 1 aromatic heterocycles. The van der Waals surface area contributed by atoms with E-state index < -0.39 is 0 Å². The van der Waals surface area contributed by atoms with Crippen LogP contribution in [0.2, 0.25) is 0 Å². The summed E-state index contributed by atoms with van der Waals surface area (Å²) < 4.78 is 5.91. The van der Waals surface area contributed by atoms with E-state index in [-0.39, 0.29) is 5.91 Å². The number of nitrogens with zero attached hydrogens (tertiary/aromatic N) is 1. The molecule has 1 heterocycles. The average molecular weight is 391 g/mol. The van der Waals surface area contributed by atoms with E-state index in [2.05, 4.69) is 10.3 Å². The Morgan fingerprint density at radius 3 is 2.92 bits per heavy atom. The SMILES string of the molecule is O=C(NCCCOC1CCCCC1)c1ccccc1SCc1cscn1. The Balaban J connectivity index is 1.41. The highest BCUT2D eigenvalue weighted by molar-refractivity contribution is 7.98. The number of rotatable bonds is 9. The molecule has 0 unspecified atom stereocenters. The first-order valence-corrected chi connectivity index (χ1v) is 11.2. The van der Waals surface area contributed by atoms with Crippen LogP contribution in [0.25, 0.3) is 0 Å². The number of carbonyl (C=O) groups excluding carboxylic acids is 1. The lowest BCUT2D eigenvalue weighted by Crippen LogP contribution is -2.26. The third kappa shape index (κ3) is 6.11. The van der Waals surface area contributed by atoms with Gasteiger partial charge in [0, 0.05) is 29.2 Å². The number of thiazole rings is 1. The number of carbonyl (C=O) groups is 1. The second-order valence-corrected chi connectivity index (χ2v) is 8.24. The van der Waals surface area contributed by atoms with Gasteiger partial charge < -0.3 is 10.1 Å². The average Bonchev–Trinajstić information content (AvgIpc) is 3.20. The second kappa shape index (κ2) is 10.7. The zero-order chi connectivity index (χ0) is 18.0. The van der Waals surface area contributed by atoms with Crippen LogP contribution < -0.4 is 5.32 Å². The summed E-state index contributed by atoms with van der Waals surface area (Å²) in [5.74, 6) is 0.771. The standard InChI is InChI=1S/C20H26N2O2S2/c23-20(21-11-6-12-24-17-7-2-1-3-8-17)18-9-4-5-10-19(18)26-14-16-13-25-15-22-16/h4-5,9-10,13,15,17H,1-3,6-8,11-12,14H2,(H,21,23). The third-order valence-electron chi connectivity index (χ3n) is 4.50. The van der Waals surface area contributed by atoms with Gasteiger partial charge in [-0.05, 0) is 31.4 Å². The van der Waals surface area contributed by atoms with E-state index in [0.717, 1.165) is 34.9 Å². The fourth-order valence-corrected chi connectivity index (χ4v) is 4.71. The van der Waals surface area contributed by atoms with Crippen molar-refractivity contribution in [3.05, 3.63) is 46.4 Å². The minimum atomic E-state index is -0.0101. The highest BCUT2D eigenvalue weighted by Crippen LogP contribution is 2.26. The number of ether oxygens (including phenoxy) is 1. The lowest BCUT2D eigenvalue weighted by molar-refractivity contribution is 0.0273. The van der Waals surface area contributed by atoms with E-state index in [1.807, 2.05) is 35.2 Å². The van der Waals surface area contributed by atoms with Crippen molar-refractivity contribution in [1.82, 2.24) is 10.3 Å². The molecule has 1 saturated carbocycles. The molecule has 0 radical (unpaired) electrons. The fourth-order valence-electron chi connectivity index (χ4n) is 3.09. The monoisotopic (exact) mass is 390 g/mol. The van der Waals surface area contributed by atoms with Crippen LogP contribution >= 0.6 is 23.1 Å². The maximum atomic E-state index is 12.5. The molecule has 0 bridgehead atoms. The fraction of sp³-hybridized carbons (Fsp3) is 0.500. The third-order valence-corrected chi connectivity index (χ3v) is 6.25. The van der Waals surface area contributed by atoms with Crippen LogP contribution in [0.3, 0.4) is 0 Å². The van der Waals surface area contributed by atoms with E-state index >= 15 is 0 Å². The van der Waals surface area contributed by atoms with Crippen molar-refractivity contribution in [2.24, 2.45) is 0 Å². The number of thioether (sulfide) groups is 1. The first-order valence-electron chi connectivity index (χ1n) is 9.31. The summed E-state index contributed by atoms with van der Waals surface area (Å²) in [5, 5.41) is 5.07. The molecule has 0 saturated heterocycles. The van der Waals surface area contributed by atoms with Gasteiger partial charge in [-0.15, -0.1) is 23.1 Å². The molecule has 1 amide bonds. The Hall–Kier alpha value is -1.37. The predicted molar refractivity (Wildman–Crippen MR) is 108 cm³/mol. The van der Waals surface area contributed by atoms with Crippen LogP contribution in [-0.2, 0) is 10.5 Å². The first kappa shape index (κ1) is 19.4. The molecular weight excluding hydrogens is 364 g/mol. The van der Waals surface area contributed by atoms with Crippen molar-refractivity contribution in [1.29, 1.82) is 0 Å². The smallest absolute Gasteiger partial charge is 0.252 e. The quantitative estimate of drug-likeness (QED) is 0.488. The summed E-state index contributed by atoms with van der Waals surface area (Å²) in [7, 11) is 0. The van der Waals surface area contributed by atoms with Gasteiger partial charge in [-0.25, -0.2) is 4.98 Å². The van der Waals surface area contributed by atoms with E-state index in [1.54, 1.807) is 23.1 Å². The second-order valence-electron chi connectivity index (χ2n) is 6.50. The highest BCUT2D eigenvalue weighted by Gasteiger charge is 2.14. The van der Waals surface area contributed by atoms with E-state index in [4.69, 9.17) is 4.74 Å². The number of hydrogen-bond donors (Lipinski definition) is 1. The maximum absolute atomic E-state index is 12.5. The summed E-state index contributed by atoms with van der Waals surface area (Å²) in [4.78, 5) is 17.8. The minimum absolute atomic E-state index is 0.0101. The molecule has 140 valence electrons. The number of amides is 1. The predicted octanol–water partition coefficient (Wildman–Crippen LogP) is 4.90. The van der Waals surface area contributed by atoms with Gasteiger partial charge in [0.15, 0.2) is 0 Å². The Morgan fingerprint density at radius 2 is 2.12 bits per heavy atom. The van der Waals surface area contributed by atoms with Gasteiger partial charge >= 0.3 is 0 Å². The zero-order valence-electron chi connectivity index (χ0n) is 15.0. The molecule has 0 aliphatic heterocycles. The molecule has 1 aliphatic carbocycles. The number of aromatic nitrogens is 1. The summed E-state index contributed by atoms with van der Waals surface area (Å²) >= 11 is 3.25. The maximum Gasteiger partial charge on any atom is 0.252 e. The van der Waals surface area contributed by atoms with Crippen LogP contribution in [0, 0.1) is 0 Å². The molecule has 1 aromatic carbocycles. The largest absolute Gasteiger partial charge is 0.378 e. The number of benzene rings is 1. The Bertz CT molecular complexity index is 670.